The molecule has 15 nitrogen and oxygen atoms in total. The van der Waals surface area contributed by atoms with Crippen LogP contribution in [0.1, 0.15) is 50.6 Å². The van der Waals surface area contributed by atoms with E-state index in [0.29, 0.717) is 66.3 Å². The number of pyridine rings is 2. The summed E-state index contributed by atoms with van der Waals surface area (Å²) >= 11 is 0. The fraction of sp³-hybridized carbons (Fsp3) is 0.488. The van der Waals surface area contributed by atoms with Crippen LogP contribution in [0.15, 0.2) is 44.6 Å². The number of likely N-dealkylation sites (tertiary alicyclic amines) is 1. The van der Waals surface area contributed by atoms with Gasteiger partial charge in [-0.15, -0.1) is 5.10 Å². The van der Waals surface area contributed by atoms with Crippen molar-refractivity contribution < 1.29 is 22.7 Å². The van der Waals surface area contributed by atoms with Crippen LogP contribution in [0.3, 0.4) is 0 Å². The Labute approximate surface area is 332 Å². The summed E-state index contributed by atoms with van der Waals surface area (Å²) in [6.45, 7) is 5.36. The molecule has 17 heteroatoms. The lowest BCUT2D eigenvalue weighted by Gasteiger charge is -2.34. The molecule has 0 radical (unpaired) electrons. The first-order valence-corrected chi connectivity index (χ1v) is 20.2. The van der Waals surface area contributed by atoms with Crippen molar-refractivity contribution in [2.24, 2.45) is 5.92 Å². The highest BCUT2D eigenvalue weighted by Gasteiger charge is 2.40. The second-order valence-electron chi connectivity index (χ2n) is 16.6. The van der Waals surface area contributed by atoms with Crippen molar-refractivity contribution in [2.75, 3.05) is 87.5 Å². The Hall–Kier alpha value is -5.55. The van der Waals surface area contributed by atoms with E-state index >= 15 is 8.78 Å². The molecule has 0 spiro atoms. The van der Waals surface area contributed by atoms with Crippen molar-refractivity contribution in [3.8, 4) is 17.2 Å². The normalized spacial score (nSPS) is 21.5. The van der Waals surface area contributed by atoms with Gasteiger partial charge in [0.2, 0.25) is 10.9 Å². The highest BCUT2D eigenvalue weighted by atomic mass is 19.1. The van der Waals surface area contributed by atoms with Crippen molar-refractivity contribution >= 4 is 50.9 Å². The predicted octanol–water partition coefficient (Wildman–Crippen LogP) is 5.25. The number of rotatable bonds is 8. The third-order valence-electron chi connectivity index (χ3n) is 12.7. The number of hydrogen-bond acceptors (Lipinski definition) is 11. The summed E-state index contributed by atoms with van der Waals surface area (Å²) in [6.07, 6.45) is 8.94. The summed E-state index contributed by atoms with van der Waals surface area (Å²) in [5.74, 6) is -0.459. The van der Waals surface area contributed by atoms with Crippen molar-refractivity contribution in [1.82, 2.24) is 29.1 Å². The number of likely N-dealkylation sites (N-methyl/N-ethyl adjacent to an activating group) is 2. The van der Waals surface area contributed by atoms with E-state index in [2.05, 4.69) is 37.7 Å². The van der Waals surface area contributed by atoms with Crippen LogP contribution < -0.4 is 36.0 Å². The Morgan fingerprint density at radius 1 is 0.828 bits per heavy atom. The molecule has 304 valence electrons. The number of anilines is 4. The highest BCUT2D eigenvalue weighted by molar-refractivity contribution is 6.01. The molecule has 3 saturated heterocycles. The molecule has 2 saturated carbocycles. The number of carbonyl (C=O) groups is 1. The number of halogens is 2. The van der Waals surface area contributed by atoms with Crippen LogP contribution in [-0.2, 0) is 0 Å². The summed E-state index contributed by atoms with van der Waals surface area (Å²) in [5, 5.41) is 13.3. The molecule has 3 aliphatic heterocycles. The topological polar surface area (TPSA) is 146 Å². The van der Waals surface area contributed by atoms with Crippen molar-refractivity contribution in [3.05, 3.63) is 62.7 Å². The third-order valence-corrected chi connectivity index (χ3v) is 12.7. The van der Waals surface area contributed by atoms with Gasteiger partial charge in [0.25, 0.3) is 5.89 Å². The lowest BCUT2D eigenvalue weighted by molar-refractivity contribution is 0.158. The number of fused-ring (bicyclic) bond motifs is 3. The number of nitrogens with one attached hydrogen (secondary N) is 2. The van der Waals surface area contributed by atoms with Crippen LogP contribution in [0.25, 0.3) is 33.3 Å². The van der Waals surface area contributed by atoms with Crippen molar-refractivity contribution in [3.63, 3.8) is 0 Å². The summed E-state index contributed by atoms with van der Waals surface area (Å²) in [6, 6.07) is 3.62. The maximum Gasteiger partial charge on any atom is 0.327 e. The van der Waals surface area contributed by atoms with Crippen molar-refractivity contribution in [2.45, 2.75) is 56.7 Å². The van der Waals surface area contributed by atoms with E-state index in [-0.39, 0.29) is 46.0 Å². The molecule has 6 heterocycles. The van der Waals surface area contributed by atoms with Crippen LogP contribution in [0.2, 0.25) is 0 Å². The van der Waals surface area contributed by atoms with Crippen molar-refractivity contribution in [1.29, 1.82) is 0 Å². The van der Waals surface area contributed by atoms with E-state index in [1.807, 2.05) is 26.0 Å². The standard InChI is InChI=1S/C41H46F2N10O5/c1-48-11-13-50(14-12-48)32-17-31-25(15-28(32)42)36(54)27(19-52(31)23-6-7-23)39-46-47-41(58-39)45-40(56)44-30-20-53(24-8-9-24)34-26(37(30)55)16-29(43)35(38(34)57-3)51-18-22-5-4-10-49(2)33(22)21-51/h15-17,19-20,22-24,33H,4-14,18,21H2,1-3H3,(H2,44,45,47,56). The molecule has 2 atom stereocenters. The van der Waals surface area contributed by atoms with Crippen LogP contribution in [-0.4, -0.2) is 108 Å². The predicted molar refractivity (Wildman–Crippen MR) is 216 cm³/mol. The number of ether oxygens (including phenoxy) is 1. The minimum atomic E-state index is -0.853. The molecule has 2 aromatic carbocycles. The summed E-state index contributed by atoms with van der Waals surface area (Å²) in [5.41, 5.74) is 0.891. The monoisotopic (exact) mass is 796 g/mol. The number of piperidine rings is 1. The van der Waals surface area contributed by atoms with Gasteiger partial charge in [-0.2, -0.15) is 0 Å². The Kier molecular flexibility index (Phi) is 8.92. The lowest BCUT2D eigenvalue weighted by atomic mass is 9.93. The Morgan fingerprint density at radius 2 is 1.57 bits per heavy atom. The van der Waals surface area contributed by atoms with Gasteiger partial charge in [0.1, 0.15) is 22.8 Å². The summed E-state index contributed by atoms with van der Waals surface area (Å²) < 4.78 is 47.4. The number of aromatic nitrogens is 4. The molecular weight excluding hydrogens is 751 g/mol. The zero-order valence-electron chi connectivity index (χ0n) is 32.8. The Balaban J connectivity index is 0.928. The number of carbonyl (C=O) groups excluding carboxylic acids is 1. The number of methoxy groups -OCH3 is 1. The van der Waals surface area contributed by atoms with E-state index in [9.17, 15) is 14.4 Å². The molecule has 2 aliphatic carbocycles. The quantitative estimate of drug-likeness (QED) is 0.213. The first-order chi connectivity index (χ1) is 28.1. The summed E-state index contributed by atoms with van der Waals surface area (Å²) in [4.78, 5) is 49.8. The number of hydrogen-bond donors (Lipinski definition) is 2. The molecule has 58 heavy (non-hydrogen) atoms. The maximum atomic E-state index is 16.2. The van der Waals surface area contributed by atoms with Gasteiger partial charge >= 0.3 is 12.0 Å². The molecule has 0 bridgehead atoms. The number of piperazine rings is 1. The highest BCUT2D eigenvalue weighted by Crippen LogP contribution is 2.46. The van der Waals surface area contributed by atoms with Gasteiger partial charge in [-0.05, 0) is 83.3 Å². The largest absolute Gasteiger partial charge is 0.492 e. The Morgan fingerprint density at radius 3 is 2.29 bits per heavy atom. The minimum Gasteiger partial charge on any atom is -0.492 e. The number of nitrogens with zero attached hydrogens (tertiary/aromatic N) is 8. The van der Waals surface area contributed by atoms with E-state index in [1.165, 1.54) is 19.2 Å². The number of amides is 2. The van der Waals surface area contributed by atoms with Gasteiger partial charge in [-0.25, -0.2) is 13.6 Å². The smallest absolute Gasteiger partial charge is 0.327 e. The Bertz CT molecular complexity index is 2590. The van der Waals surface area contributed by atoms with Gasteiger partial charge in [0.05, 0.1) is 29.2 Å². The molecule has 5 fully saturated rings. The molecular formula is C41H46F2N10O5. The van der Waals surface area contributed by atoms with Gasteiger partial charge < -0.3 is 43.2 Å². The first kappa shape index (κ1) is 36.8. The summed E-state index contributed by atoms with van der Waals surface area (Å²) in [7, 11) is 5.65. The van der Waals surface area contributed by atoms with Gasteiger partial charge in [-0.1, -0.05) is 5.10 Å². The van der Waals surface area contributed by atoms with Crippen LogP contribution in [0.4, 0.5) is 36.7 Å². The van der Waals surface area contributed by atoms with Crippen LogP contribution in [0.5, 0.6) is 5.75 Å². The molecule has 3 aromatic heterocycles. The molecule has 5 aliphatic rings. The first-order valence-electron chi connectivity index (χ1n) is 20.2. The van der Waals surface area contributed by atoms with Gasteiger partial charge in [0.15, 0.2) is 11.6 Å². The van der Waals surface area contributed by atoms with E-state index in [0.717, 1.165) is 58.2 Å². The molecule has 10 rings (SSSR count). The molecule has 5 aromatic rings. The minimum absolute atomic E-state index is 0.0400. The van der Waals surface area contributed by atoms with E-state index < -0.39 is 28.5 Å². The number of benzene rings is 2. The molecule has 2 amide bonds. The third kappa shape index (κ3) is 6.34. The van der Waals surface area contributed by atoms with Gasteiger partial charge in [0, 0.05) is 75.2 Å². The average Bonchev–Trinajstić information content (AvgIpc) is 4.14. The number of urea groups is 1. The van der Waals surface area contributed by atoms with Gasteiger partial charge in [-0.3, -0.25) is 14.9 Å². The SMILES string of the molecule is COc1c(N2CC3CCCN(C)C3C2)c(F)cc2c(=O)c(NC(=O)Nc3nnc(-c4cn(C5CC5)c5cc(N6CCN(C)CC6)c(F)cc5c4=O)o3)cn(C3CC3)c12. The average molecular weight is 797 g/mol. The molecule has 2 unspecified atom stereocenters. The van der Waals surface area contributed by atoms with E-state index in [1.54, 1.807) is 18.5 Å². The van der Waals surface area contributed by atoms with Crippen LogP contribution in [0, 0.1) is 17.6 Å². The second-order valence-corrected chi connectivity index (χ2v) is 16.6. The zero-order chi connectivity index (χ0) is 40.0. The lowest BCUT2D eigenvalue weighted by Crippen LogP contribution is -2.44. The second kappa shape index (κ2) is 14.1. The fourth-order valence-corrected chi connectivity index (χ4v) is 9.34. The van der Waals surface area contributed by atoms with Crippen LogP contribution >= 0.6 is 0 Å². The van der Waals surface area contributed by atoms with E-state index in [4.69, 9.17) is 9.15 Å². The fourth-order valence-electron chi connectivity index (χ4n) is 9.34. The molecule has 2 N–H and O–H groups in total. The maximum absolute atomic E-state index is 16.2. The zero-order valence-corrected chi connectivity index (χ0v) is 32.8.